The summed E-state index contributed by atoms with van der Waals surface area (Å²) in [6, 6.07) is 0. The van der Waals surface area contributed by atoms with Gasteiger partial charge >= 0.3 is 0 Å². The molecule has 1 atom stereocenters. The number of imidazole rings is 1. The van der Waals surface area contributed by atoms with Gasteiger partial charge in [0.25, 0.3) is 0 Å². The number of nitrogens with zero attached hydrogens (tertiary/aromatic N) is 1. The van der Waals surface area contributed by atoms with Gasteiger partial charge in [-0.25, -0.2) is 4.98 Å². The molecule has 0 radical (unpaired) electrons. The number of hydrogen-bond acceptors (Lipinski definition) is 2. The van der Waals surface area contributed by atoms with Crippen molar-refractivity contribution < 1.29 is 0 Å². The number of halogens is 1. The van der Waals surface area contributed by atoms with E-state index in [0.717, 1.165) is 16.3 Å². The maximum atomic E-state index is 5.82. The molecule has 3 nitrogen and oxygen atoms in total. The van der Waals surface area contributed by atoms with Crippen molar-refractivity contribution in [2.75, 3.05) is 6.54 Å². The third-order valence-electron chi connectivity index (χ3n) is 3.14. The maximum Gasteiger partial charge on any atom is 0.111 e. The fraction of sp³-hybridized carbons (Fsp3) is 0.700. The lowest BCUT2D eigenvalue weighted by Crippen LogP contribution is -2.20. The number of nitrogens with two attached hydrogens (primary N) is 1. The second kappa shape index (κ2) is 4.45. The van der Waals surface area contributed by atoms with E-state index in [1.165, 1.54) is 25.7 Å². The Morgan fingerprint density at radius 3 is 2.79 bits per heavy atom. The van der Waals surface area contributed by atoms with Crippen LogP contribution in [0.2, 0.25) is 0 Å². The van der Waals surface area contributed by atoms with Gasteiger partial charge in [-0.3, -0.25) is 0 Å². The van der Waals surface area contributed by atoms with Crippen LogP contribution in [0.25, 0.3) is 0 Å². The first-order chi connectivity index (χ1) is 6.81. The standard InChI is InChI=1S/C10H16BrN3/c11-9-6-13-10(14-9)8(5-12)7-3-1-2-4-7/h6-8H,1-5,12H2,(H,13,14). The molecule has 3 N–H and O–H groups in total. The van der Waals surface area contributed by atoms with Crippen molar-refractivity contribution in [2.45, 2.75) is 31.6 Å². The van der Waals surface area contributed by atoms with Gasteiger partial charge in [-0.05, 0) is 34.7 Å². The highest BCUT2D eigenvalue weighted by Gasteiger charge is 2.26. The Morgan fingerprint density at radius 2 is 2.29 bits per heavy atom. The van der Waals surface area contributed by atoms with Gasteiger partial charge in [-0.1, -0.05) is 12.8 Å². The molecular formula is C10H16BrN3. The number of hydrogen-bond donors (Lipinski definition) is 2. The summed E-state index contributed by atoms with van der Waals surface area (Å²) in [7, 11) is 0. The SMILES string of the molecule is NCC(c1ncc(Br)[nH]1)C1CCCC1. The predicted molar refractivity (Wildman–Crippen MR) is 60.0 cm³/mol. The molecular weight excluding hydrogens is 242 g/mol. The van der Waals surface area contributed by atoms with Crippen LogP contribution in [0.1, 0.15) is 37.4 Å². The van der Waals surface area contributed by atoms with Crippen LogP contribution < -0.4 is 5.73 Å². The second-order valence-corrected chi connectivity index (χ2v) is 4.86. The fourth-order valence-corrected chi connectivity index (χ4v) is 2.69. The van der Waals surface area contributed by atoms with Crippen LogP contribution in [0.4, 0.5) is 0 Å². The summed E-state index contributed by atoms with van der Waals surface area (Å²) >= 11 is 3.38. The van der Waals surface area contributed by atoms with E-state index in [0.29, 0.717) is 12.5 Å². The minimum atomic E-state index is 0.420. The van der Waals surface area contributed by atoms with E-state index in [2.05, 4.69) is 25.9 Å². The Hall–Kier alpha value is -0.350. The fourth-order valence-electron chi connectivity index (χ4n) is 2.39. The van der Waals surface area contributed by atoms with Gasteiger partial charge in [-0.2, -0.15) is 0 Å². The van der Waals surface area contributed by atoms with Gasteiger partial charge in [0.1, 0.15) is 10.4 Å². The Labute approximate surface area is 92.6 Å². The highest BCUT2D eigenvalue weighted by Crippen LogP contribution is 2.35. The van der Waals surface area contributed by atoms with Crippen molar-refractivity contribution in [1.82, 2.24) is 9.97 Å². The minimum Gasteiger partial charge on any atom is -0.336 e. The van der Waals surface area contributed by atoms with Crippen LogP contribution >= 0.6 is 15.9 Å². The zero-order valence-corrected chi connectivity index (χ0v) is 9.76. The van der Waals surface area contributed by atoms with Crippen LogP contribution in [0, 0.1) is 5.92 Å². The summed E-state index contributed by atoms with van der Waals surface area (Å²) in [5.41, 5.74) is 5.82. The van der Waals surface area contributed by atoms with Crippen molar-refractivity contribution in [2.24, 2.45) is 11.7 Å². The summed E-state index contributed by atoms with van der Waals surface area (Å²) < 4.78 is 0.948. The third-order valence-corrected chi connectivity index (χ3v) is 3.54. The molecule has 78 valence electrons. The highest BCUT2D eigenvalue weighted by atomic mass is 79.9. The number of rotatable bonds is 3. The van der Waals surface area contributed by atoms with Crippen LogP contribution in [0.3, 0.4) is 0 Å². The summed E-state index contributed by atoms with van der Waals surface area (Å²) in [5.74, 6) is 2.20. The van der Waals surface area contributed by atoms with E-state index < -0.39 is 0 Å². The zero-order chi connectivity index (χ0) is 9.97. The Kier molecular flexibility index (Phi) is 3.23. The topological polar surface area (TPSA) is 54.7 Å². The lowest BCUT2D eigenvalue weighted by atomic mass is 9.90. The molecule has 1 heterocycles. The van der Waals surface area contributed by atoms with Crippen molar-refractivity contribution in [3.05, 3.63) is 16.6 Å². The van der Waals surface area contributed by atoms with E-state index in [-0.39, 0.29) is 0 Å². The van der Waals surface area contributed by atoms with Crippen molar-refractivity contribution in [1.29, 1.82) is 0 Å². The number of aromatic nitrogens is 2. The van der Waals surface area contributed by atoms with E-state index in [1.807, 2.05) is 6.20 Å². The maximum absolute atomic E-state index is 5.82. The van der Waals surface area contributed by atoms with Gasteiger partial charge < -0.3 is 10.7 Å². The van der Waals surface area contributed by atoms with Crippen molar-refractivity contribution in [3.63, 3.8) is 0 Å². The predicted octanol–water partition coefficient (Wildman–Crippen LogP) is 2.40. The van der Waals surface area contributed by atoms with Crippen LogP contribution in [-0.4, -0.2) is 16.5 Å². The molecule has 2 rings (SSSR count). The first-order valence-electron chi connectivity index (χ1n) is 5.21. The number of aromatic amines is 1. The molecule has 0 saturated heterocycles. The molecule has 1 unspecified atom stereocenters. The molecule has 1 aromatic rings. The van der Waals surface area contributed by atoms with Crippen LogP contribution in [0.5, 0.6) is 0 Å². The quantitative estimate of drug-likeness (QED) is 0.874. The smallest absolute Gasteiger partial charge is 0.111 e. The van der Waals surface area contributed by atoms with Crippen molar-refractivity contribution >= 4 is 15.9 Å². The summed E-state index contributed by atoms with van der Waals surface area (Å²) in [6.45, 7) is 0.699. The number of H-pyrrole nitrogens is 1. The molecule has 14 heavy (non-hydrogen) atoms. The Morgan fingerprint density at radius 1 is 1.57 bits per heavy atom. The lowest BCUT2D eigenvalue weighted by molar-refractivity contribution is 0.426. The minimum absolute atomic E-state index is 0.420. The highest BCUT2D eigenvalue weighted by molar-refractivity contribution is 9.10. The van der Waals surface area contributed by atoms with Gasteiger partial charge in [0.05, 0.1) is 6.20 Å². The van der Waals surface area contributed by atoms with Crippen LogP contribution in [-0.2, 0) is 0 Å². The molecule has 0 spiro atoms. The number of nitrogens with one attached hydrogen (secondary N) is 1. The van der Waals surface area contributed by atoms with E-state index in [9.17, 15) is 0 Å². The molecule has 0 aliphatic heterocycles. The van der Waals surface area contributed by atoms with Gasteiger partial charge in [0.15, 0.2) is 0 Å². The molecule has 1 fully saturated rings. The van der Waals surface area contributed by atoms with Gasteiger partial charge in [-0.15, -0.1) is 0 Å². The molecule has 1 aliphatic carbocycles. The summed E-state index contributed by atoms with van der Waals surface area (Å²) in [4.78, 5) is 7.58. The molecule has 1 aromatic heterocycles. The first kappa shape index (κ1) is 10.2. The molecule has 0 bridgehead atoms. The second-order valence-electron chi connectivity index (χ2n) is 4.00. The largest absolute Gasteiger partial charge is 0.336 e. The van der Waals surface area contributed by atoms with E-state index >= 15 is 0 Å². The van der Waals surface area contributed by atoms with E-state index in [1.54, 1.807) is 0 Å². The Bertz CT molecular complexity index is 291. The monoisotopic (exact) mass is 257 g/mol. The van der Waals surface area contributed by atoms with Gasteiger partial charge in [0, 0.05) is 12.5 Å². The molecule has 4 heteroatoms. The summed E-state index contributed by atoms with van der Waals surface area (Å²) in [5, 5.41) is 0. The first-order valence-corrected chi connectivity index (χ1v) is 6.01. The lowest BCUT2D eigenvalue weighted by Gasteiger charge is -2.19. The Balaban J connectivity index is 2.12. The summed E-state index contributed by atoms with van der Waals surface area (Å²) in [6.07, 6.45) is 7.12. The third kappa shape index (κ3) is 2.01. The normalized spacial score (nSPS) is 20.1. The molecule has 0 amide bonds. The van der Waals surface area contributed by atoms with Crippen LogP contribution in [0.15, 0.2) is 10.8 Å². The molecule has 1 aliphatic rings. The average Bonchev–Trinajstić information content (AvgIpc) is 2.79. The molecule has 1 saturated carbocycles. The molecule has 0 aromatic carbocycles. The average molecular weight is 258 g/mol. The van der Waals surface area contributed by atoms with E-state index in [4.69, 9.17) is 5.73 Å². The zero-order valence-electron chi connectivity index (χ0n) is 8.17. The van der Waals surface area contributed by atoms with Crippen molar-refractivity contribution in [3.8, 4) is 0 Å². The van der Waals surface area contributed by atoms with Gasteiger partial charge in [0.2, 0.25) is 0 Å².